The summed E-state index contributed by atoms with van der Waals surface area (Å²) in [7, 11) is 0. The SMILES string of the molecule is C=C(N)C1CN(c2ncc(N3CC[C@@H](Oc4ccc(C)nc4)C3=O)cn2)C1. The van der Waals surface area contributed by atoms with E-state index < -0.39 is 6.10 Å². The Kier molecular flexibility index (Phi) is 4.39. The fourth-order valence-electron chi connectivity index (χ4n) is 3.20. The molecular formula is C19H22N6O2. The molecule has 2 aromatic rings. The first kappa shape index (κ1) is 17.3. The molecule has 0 aliphatic carbocycles. The van der Waals surface area contributed by atoms with Gasteiger partial charge in [-0.3, -0.25) is 9.78 Å². The maximum absolute atomic E-state index is 12.7. The van der Waals surface area contributed by atoms with Gasteiger partial charge in [0.05, 0.1) is 24.3 Å². The van der Waals surface area contributed by atoms with Crippen LogP contribution in [0.4, 0.5) is 11.6 Å². The lowest BCUT2D eigenvalue weighted by molar-refractivity contribution is -0.122. The fourth-order valence-corrected chi connectivity index (χ4v) is 3.20. The van der Waals surface area contributed by atoms with E-state index in [0.717, 1.165) is 18.8 Å². The summed E-state index contributed by atoms with van der Waals surface area (Å²) in [5.74, 6) is 1.45. The van der Waals surface area contributed by atoms with Crippen molar-refractivity contribution in [3.8, 4) is 5.75 Å². The molecule has 0 bridgehead atoms. The molecule has 140 valence electrons. The van der Waals surface area contributed by atoms with Crippen molar-refractivity contribution in [1.29, 1.82) is 0 Å². The Morgan fingerprint density at radius 3 is 2.59 bits per heavy atom. The average Bonchev–Trinajstić information content (AvgIpc) is 2.97. The zero-order chi connectivity index (χ0) is 19.0. The van der Waals surface area contributed by atoms with Gasteiger partial charge in [-0.25, -0.2) is 9.97 Å². The number of nitrogens with two attached hydrogens (primary N) is 1. The zero-order valence-corrected chi connectivity index (χ0v) is 15.2. The van der Waals surface area contributed by atoms with Crippen LogP contribution in [-0.2, 0) is 4.79 Å². The minimum absolute atomic E-state index is 0.0876. The van der Waals surface area contributed by atoms with Crippen LogP contribution in [0.15, 0.2) is 43.0 Å². The number of pyridine rings is 1. The first-order valence-electron chi connectivity index (χ1n) is 8.93. The molecule has 0 unspecified atom stereocenters. The third kappa shape index (κ3) is 3.42. The predicted octanol–water partition coefficient (Wildman–Crippen LogP) is 1.27. The second-order valence-electron chi connectivity index (χ2n) is 6.94. The number of amides is 1. The van der Waals surface area contributed by atoms with Crippen LogP contribution in [0, 0.1) is 12.8 Å². The molecule has 0 aromatic carbocycles. The molecule has 2 aromatic heterocycles. The highest BCUT2D eigenvalue weighted by atomic mass is 16.5. The standard InChI is InChI=1S/C19H22N6O2/c1-12-3-4-16(9-21-12)27-17-5-6-25(18(17)26)15-7-22-19(23-8-15)24-10-14(11-24)13(2)20/h3-4,7-9,14,17H,2,5-6,10-11,20H2,1H3/t17-/m1/s1. The highest BCUT2D eigenvalue weighted by molar-refractivity contribution is 5.98. The molecule has 8 heteroatoms. The average molecular weight is 366 g/mol. The minimum atomic E-state index is -0.513. The first-order chi connectivity index (χ1) is 13.0. The Labute approximate surface area is 157 Å². The smallest absolute Gasteiger partial charge is 0.268 e. The van der Waals surface area contributed by atoms with Crippen LogP contribution in [0.5, 0.6) is 5.75 Å². The Morgan fingerprint density at radius 1 is 1.22 bits per heavy atom. The van der Waals surface area contributed by atoms with Gasteiger partial charge in [-0.1, -0.05) is 6.58 Å². The van der Waals surface area contributed by atoms with Crippen molar-refractivity contribution in [3.05, 3.63) is 48.7 Å². The fraction of sp³-hybridized carbons (Fsp3) is 0.368. The van der Waals surface area contributed by atoms with Crippen molar-refractivity contribution in [2.24, 2.45) is 11.7 Å². The van der Waals surface area contributed by atoms with Gasteiger partial charge in [0.25, 0.3) is 5.91 Å². The number of rotatable bonds is 5. The van der Waals surface area contributed by atoms with Gasteiger partial charge in [0, 0.05) is 43.4 Å². The molecule has 2 fully saturated rings. The van der Waals surface area contributed by atoms with Gasteiger partial charge in [0.15, 0.2) is 6.10 Å². The van der Waals surface area contributed by atoms with E-state index in [2.05, 4.69) is 21.5 Å². The number of aromatic nitrogens is 3. The summed E-state index contributed by atoms with van der Waals surface area (Å²) in [6, 6.07) is 3.69. The molecule has 2 aliphatic heterocycles. The van der Waals surface area contributed by atoms with Crippen molar-refractivity contribution in [3.63, 3.8) is 0 Å². The van der Waals surface area contributed by atoms with Gasteiger partial charge >= 0.3 is 0 Å². The molecule has 2 saturated heterocycles. The quantitative estimate of drug-likeness (QED) is 0.851. The maximum Gasteiger partial charge on any atom is 0.268 e. The summed E-state index contributed by atoms with van der Waals surface area (Å²) in [4.78, 5) is 29.3. The van der Waals surface area contributed by atoms with E-state index in [9.17, 15) is 4.79 Å². The number of hydrogen-bond donors (Lipinski definition) is 1. The lowest BCUT2D eigenvalue weighted by atomic mass is 9.98. The minimum Gasteiger partial charge on any atom is -0.479 e. The molecule has 0 saturated carbocycles. The van der Waals surface area contributed by atoms with Gasteiger partial charge in [0.2, 0.25) is 5.95 Å². The maximum atomic E-state index is 12.7. The number of aryl methyl sites for hydroxylation is 1. The van der Waals surface area contributed by atoms with Crippen molar-refractivity contribution in [2.75, 3.05) is 29.4 Å². The third-order valence-electron chi connectivity index (χ3n) is 4.94. The normalized spacial score (nSPS) is 19.9. The summed E-state index contributed by atoms with van der Waals surface area (Å²) < 4.78 is 5.79. The summed E-state index contributed by atoms with van der Waals surface area (Å²) >= 11 is 0. The van der Waals surface area contributed by atoms with Crippen LogP contribution in [0.3, 0.4) is 0 Å². The van der Waals surface area contributed by atoms with Gasteiger partial charge in [-0.15, -0.1) is 0 Å². The Morgan fingerprint density at radius 2 is 1.96 bits per heavy atom. The molecule has 2 N–H and O–H groups in total. The lowest BCUT2D eigenvalue weighted by Gasteiger charge is -2.39. The Bertz CT molecular complexity index is 846. The topological polar surface area (TPSA) is 97.5 Å². The Balaban J connectivity index is 1.38. The first-order valence-corrected chi connectivity index (χ1v) is 8.93. The van der Waals surface area contributed by atoms with Crippen LogP contribution < -0.4 is 20.3 Å². The summed E-state index contributed by atoms with van der Waals surface area (Å²) in [5.41, 5.74) is 7.99. The van der Waals surface area contributed by atoms with Crippen molar-refractivity contribution >= 4 is 17.5 Å². The van der Waals surface area contributed by atoms with Gasteiger partial charge in [-0.2, -0.15) is 0 Å². The third-order valence-corrected chi connectivity index (χ3v) is 4.94. The largest absolute Gasteiger partial charge is 0.479 e. The lowest BCUT2D eigenvalue weighted by Crippen LogP contribution is -2.49. The Hall–Kier alpha value is -3.16. The molecule has 8 nitrogen and oxygen atoms in total. The number of anilines is 2. The van der Waals surface area contributed by atoms with Crippen molar-refractivity contribution < 1.29 is 9.53 Å². The van der Waals surface area contributed by atoms with Crippen LogP contribution in [0.2, 0.25) is 0 Å². The van der Waals surface area contributed by atoms with Gasteiger partial charge < -0.3 is 20.3 Å². The monoisotopic (exact) mass is 366 g/mol. The van der Waals surface area contributed by atoms with E-state index >= 15 is 0 Å². The molecule has 27 heavy (non-hydrogen) atoms. The zero-order valence-electron chi connectivity index (χ0n) is 15.2. The summed E-state index contributed by atoms with van der Waals surface area (Å²) in [5, 5.41) is 0. The van der Waals surface area contributed by atoms with E-state index in [0.29, 0.717) is 42.0 Å². The second kappa shape index (κ2) is 6.86. The summed E-state index contributed by atoms with van der Waals surface area (Å²) in [6.07, 6.45) is 5.10. The number of carbonyl (C=O) groups excluding carboxylic acids is 1. The molecule has 1 atom stereocenters. The predicted molar refractivity (Wildman–Crippen MR) is 101 cm³/mol. The van der Waals surface area contributed by atoms with Crippen LogP contribution in [-0.4, -0.2) is 46.6 Å². The van der Waals surface area contributed by atoms with Crippen molar-refractivity contribution in [2.45, 2.75) is 19.4 Å². The van der Waals surface area contributed by atoms with E-state index in [4.69, 9.17) is 10.5 Å². The van der Waals surface area contributed by atoms with E-state index in [1.165, 1.54) is 0 Å². The molecular weight excluding hydrogens is 344 g/mol. The molecule has 2 aliphatic rings. The van der Waals surface area contributed by atoms with E-state index in [1.54, 1.807) is 23.5 Å². The number of ether oxygens (including phenoxy) is 1. The van der Waals surface area contributed by atoms with Gasteiger partial charge in [0.1, 0.15) is 5.75 Å². The van der Waals surface area contributed by atoms with Crippen LogP contribution in [0.25, 0.3) is 0 Å². The van der Waals surface area contributed by atoms with E-state index in [1.807, 2.05) is 24.0 Å². The second-order valence-corrected chi connectivity index (χ2v) is 6.94. The highest BCUT2D eigenvalue weighted by Crippen LogP contribution is 2.27. The molecule has 0 spiro atoms. The molecule has 4 rings (SSSR count). The van der Waals surface area contributed by atoms with Crippen LogP contribution in [0.1, 0.15) is 12.1 Å². The molecule has 4 heterocycles. The number of carbonyl (C=O) groups is 1. The summed E-state index contributed by atoms with van der Waals surface area (Å²) in [6.45, 7) is 7.80. The van der Waals surface area contributed by atoms with Crippen molar-refractivity contribution in [1.82, 2.24) is 15.0 Å². The number of hydrogen-bond acceptors (Lipinski definition) is 7. The van der Waals surface area contributed by atoms with Gasteiger partial charge in [-0.05, 0) is 19.1 Å². The highest BCUT2D eigenvalue weighted by Gasteiger charge is 2.35. The van der Waals surface area contributed by atoms with E-state index in [-0.39, 0.29) is 5.91 Å². The van der Waals surface area contributed by atoms with Crippen LogP contribution >= 0.6 is 0 Å². The number of nitrogens with zero attached hydrogens (tertiary/aromatic N) is 5. The molecule has 1 amide bonds. The molecule has 0 radical (unpaired) electrons.